The number of thiazole rings is 1. The van der Waals surface area contributed by atoms with E-state index in [9.17, 15) is 18.0 Å². The molecular formula is C8H10N2O6S2. The first-order valence-corrected chi connectivity index (χ1v) is 6.98. The molecule has 0 amide bonds. The van der Waals surface area contributed by atoms with E-state index in [4.69, 9.17) is 5.11 Å². The van der Waals surface area contributed by atoms with E-state index in [0.29, 0.717) is 0 Å². The highest BCUT2D eigenvalue weighted by molar-refractivity contribution is 7.91. The fourth-order valence-corrected chi connectivity index (χ4v) is 3.22. The predicted octanol–water partition coefficient (Wildman–Crippen LogP) is -0.317. The molecule has 0 spiro atoms. The van der Waals surface area contributed by atoms with Crippen molar-refractivity contribution in [2.75, 3.05) is 13.7 Å². The molecule has 10 heteroatoms. The van der Waals surface area contributed by atoms with Crippen LogP contribution in [0.5, 0.6) is 0 Å². The number of sulfonamides is 1. The number of hydrogen-bond acceptors (Lipinski definition) is 7. The van der Waals surface area contributed by atoms with Gasteiger partial charge in [0.2, 0.25) is 0 Å². The number of methoxy groups -OCH3 is 1. The minimum Gasteiger partial charge on any atom is -0.481 e. The van der Waals surface area contributed by atoms with Crippen LogP contribution in [0.1, 0.15) is 16.9 Å². The first-order valence-electron chi connectivity index (χ1n) is 4.61. The highest BCUT2D eigenvalue weighted by atomic mass is 32.2. The number of nitrogens with one attached hydrogen (secondary N) is 1. The Morgan fingerprint density at radius 2 is 2.22 bits per heavy atom. The van der Waals surface area contributed by atoms with Crippen molar-refractivity contribution in [1.29, 1.82) is 0 Å². The van der Waals surface area contributed by atoms with E-state index >= 15 is 0 Å². The predicted molar refractivity (Wildman–Crippen MR) is 60.9 cm³/mol. The number of aromatic nitrogens is 1. The molecule has 0 fully saturated rings. The fraction of sp³-hybridized carbons (Fsp3) is 0.375. The molecule has 1 aromatic heterocycles. The van der Waals surface area contributed by atoms with Gasteiger partial charge in [0.1, 0.15) is 0 Å². The lowest BCUT2D eigenvalue weighted by atomic mass is 10.5. The van der Waals surface area contributed by atoms with Crippen molar-refractivity contribution >= 4 is 33.3 Å². The number of carbonyl (C=O) groups excluding carboxylic acids is 1. The van der Waals surface area contributed by atoms with Crippen molar-refractivity contribution in [3.63, 3.8) is 0 Å². The Kier molecular flexibility index (Phi) is 4.76. The van der Waals surface area contributed by atoms with Gasteiger partial charge < -0.3 is 9.84 Å². The van der Waals surface area contributed by atoms with Gasteiger partial charge in [-0.2, -0.15) is 0 Å². The maximum Gasteiger partial charge on any atom is 0.358 e. The molecule has 100 valence electrons. The lowest BCUT2D eigenvalue weighted by Crippen LogP contribution is -2.27. The number of ether oxygens (including phenoxy) is 1. The van der Waals surface area contributed by atoms with Crippen LogP contribution in [0.3, 0.4) is 0 Å². The second-order valence-corrected chi connectivity index (χ2v) is 5.84. The molecule has 8 nitrogen and oxygen atoms in total. The summed E-state index contributed by atoms with van der Waals surface area (Å²) in [6.45, 7) is -0.268. The number of rotatable bonds is 6. The van der Waals surface area contributed by atoms with Gasteiger partial charge in [-0.3, -0.25) is 4.79 Å². The number of aliphatic carboxylic acids is 1. The Labute approximate surface area is 107 Å². The van der Waals surface area contributed by atoms with Crippen LogP contribution in [0.15, 0.2) is 9.72 Å². The van der Waals surface area contributed by atoms with Crippen molar-refractivity contribution in [1.82, 2.24) is 9.71 Å². The topological polar surface area (TPSA) is 123 Å². The smallest absolute Gasteiger partial charge is 0.358 e. The van der Waals surface area contributed by atoms with Gasteiger partial charge in [0, 0.05) is 6.54 Å². The number of carboxylic acids is 1. The third kappa shape index (κ3) is 3.48. The summed E-state index contributed by atoms with van der Waals surface area (Å²) in [5.74, 6) is -2.00. The first kappa shape index (κ1) is 14.5. The Morgan fingerprint density at radius 1 is 1.56 bits per heavy atom. The second kappa shape index (κ2) is 5.89. The lowest BCUT2D eigenvalue weighted by molar-refractivity contribution is -0.136. The summed E-state index contributed by atoms with van der Waals surface area (Å²) in [5.41, 5.74) is 0.878. The fourth-order valence-electron chi connectivity index (χ4n) is 1.02. The largest absolute Gasteiger partial charge is 0.481 e. The molecule has 0 saturated heterocycles. The number of carbonyl (C=O) groups is 2. The Bertz CT molecular complexity index is 550. The third-order valence-electron chi connectivity index (χ3n) is 1.79. The Balaban J connectivity index is 2.89. The van der Waals surface area contributed by atoms with E-state index in [1.165, 1.54) is 5.51 Å². The molecule has 0 aliphatic carbocycles. The van der Waals surface area contributed by atoms with Gasteiger partial charge in [-0.05, 0) is 0 Å². The van der Waals surface area contributed by atoms with Crippen LogP contribution >= 0.6 is 11.3 Å². The molecule has 0 unspecified atom stereocenters. The van der Waals surface area contributed by atoms with Gasteiger partial charge in [-0.25, -0.2) is 22.9 Å². The monoisotopic (exact) mass is 294 g/mol. The van der Waals surface area contributed by atoms with Crippen molar-refractivity contribution in [3.05, 3.63) is 11.2 Å². The van der Waals surface area contributed by atoms with Crippen molar-refractivity contribution < 1.29 is 27.9 Å². The number of esters is 1. The van der Waals surface area contributed by atoms with E-state index in [2.05, 4.69) is 14.4 Å². The molecule has 0 bridgehead atoms. The Hall–Kier alpha value is -1.52. The first-order chi connectivity index (χ1) is 8.38. The molecule has 1 aromatic rings. The van der Waals surface area contributed by atoms with Gasteiger partial charge >= 0.3 is 11.9 Å². The van der Waals surface area contributed by atoms with Gasteiger partial charge in [0.15, 0.2) is 9.90 Å². The average molecular weight is 294 g/mol. The molecule has 0 aromatic carbocycles. The number of hydrogen-bond donors (Lipinski definition) is 2. The van der Waals surface area contributed by atoms with Crippen LogP contribution in [0.2, 0.25) is 0 Å². The molecular weight excluding hydrogens is 284 g/mol. The molecule has 0 atom stereocenters. The van der Waals surface area contributed by atoms with Gasteiger partial charge in [0.25, 0.3) is 10.0 Å². The van der Waals surface area contributed by atoms with Crippen molar-refractivity contribution in [2.24, 2.45) is 0 Å². The van der Waals surface area contributed by atoms with E-state index < -0.39 is 22.0 Å². The van der Waals surface area contributed by atoms with Crippen LogP contribution in [-0.2, 0) is 19.6 Å². The van der Waals surface area contributed by atoms with Gasteiger partial charge in [-0.1, -0.05) is 0 Å². The molecule has 1 rings (SSSR count). The maximum absolute atomic E-state index is 11.8. The summed E-state index contributed by atoms with van der Waals surface area (Å²) in [5, 5.41) is 8.40. The van der Waals surface area contributed by atoms with Gasteiger partial charge in [0.05, 0.1) is 19.0 Å². The summed E-state index contributed by atoms with van der Waals surface area (Å²) in [6.07, 6.45) is -0.356. The quantitative estimate of drug-likeness (QED) is 0.689. The highest BCUT2D eigenvalue weighted by Crippen LogP contribution is 2.20. The number of carboxylic acid groups (broad SMARTS) is 1. The zero-order chi connectivity index (χ0) is 13.8. The SMILES string of the molecule is COC(=O)c1ncsc1S(=O)(=O)NCCC(=O)O. The van der Waals surface area contributed by atoms with Crippen LogP contribution < -0.4 is 4.72 Å². The maximum atomic E-state index is 11.8. The molecule has 0 saturated carbocycles. The van der Waals surface area contributed by atoms with E-state index in [-0.39, 0.29) is 22.9 Å². The molecule has 0 aliphatic rings. The highest BCUT2D eigenvalue weighted by Gasteiger charge is 2.26. The average Bonchev–Trinajstić information content (AvgIpc) is 2.76. The second-order valence-electron chi connectivity index (χ2n) is 3.02. The summed E-state index contributed by atoms with van der Waals surface area (Å²) < 4.78 is 29.7. The molecule has 0 radical (unpaired) electrons. The minimum absolute atomic E-state index is 0.268. The van der Waals surface area contributed by atoms with E-state index in [1.54, 1.807) is 0 Å². The number of nitrogens with zero attached hydrogens (tertiary/aromatic N) is 1. The molecule has 2 N–H and O–H groups in total. The van der Waals surface area contributed by atoms with Crippen molar-refractivity contribution in [2.45, 2.75) is 10.6 Å². The summed E-state index contributed by atoms with van der Waals surface area (Å²) in [6, 6.07) is 0. The minimum atomic E-state index is -3.96. The molecule has 1 heterocycles. The molecule has 0 aliphatic heterocycles. The van der Waals surface area contributed by atoms with Gasteiger partial charge in [-0.15, -0.1) is 11.3 Å². The normalized spacial score (nSPS) is 11.2. The van der Waals surface area contributed by atoms with E-state index in [1.807, 2.05) is 0 Å². The summed E-state index contributed by atoms with van der Waals surface area (Å²) >= 11 is 0.749. The molecule has 18 heavy (non-hydrogen) atoms. The zero-order valence-corrected chi connectivity index (χ0v) is 10.9. The standard InChI is InChI=1S/C8H10N2O6S2/c1-16-7(13)6-8(17-4-9-6)18(14,15)10-3-2-5(11)12/h4,10H,2-3H2,1H3,(H,11,12). The summed E-state index contributed by atoms with van der Waals surface area (Å²) in [7, 11) is -2.85. The van der Waals surface area contributed by atoms with Crippen LogP contribution in [-0.4, -0.2) is 44.1 Å². The zero-order valence-electron chi connectivity index (χ0n) is 9.24. The van der Waals surface area contributed by atoms with Crippen LogP contribution in [0.4, 0.5) is 0 Å². The Morgan fingerprint density at radius 3 is 2.78 bits per heavy atom. The van der Waals surface area contributed by atoms with Crippen LogP contribution in [0.25, 0.3) is 0 Å². The van der Waals surface area contributed by atoms with Crippen LogP contribution in [0, 0.1) is 0 Å². The van der Waals surface area contributed by atoms with Crippen molar-refractivity contribution in [3.8, 4) is 0 Å². The summed E-state index contributed by atoms with van der Waals surface area (Å²) in [4.78, 5) is 25.1. The lowest BCUT2D eigenvalue weighted by Gasteiger charge is -2.04. The third-order valence-corrected chi connectivity index (χ3v) is 4.62. The van der Waals surface area contributed by atoms with E-state index in [0.717, 1.165) is 18.4 Å².